The van der Waals surface area contributed by atoms with Crippen molar-refractivity contribution in [3.05, 3.63) is 23.8 Å². The Kier molecular flexibility index (Phi) is 5.53. The lowest BCUT2D eigenvalue weighted by Crippen LogP contribution is -2.70. The summed E-state index contributed by atoms with van der Waals surface area (Å²) >= 11 is 0. The Morgan fingerprint density at radius 1 is 1.27 bits per heavy atom. The minimum absolute atomic E-state index is 0.0262. The van der Waals surface area contributed by atoms with Gasteiger partial charge in [0.1, 0.15) is 12.8 Å². The van der Waals surface area contributed by atoms with Crippen LogP contribution in [0.1, 0.15) is 53.4 Å². The molecule has 8 heteroatoms. The lowest BCUT2D eigenvalue weighted by Gasteiger charge is -2.63. The number of aliphatic hydroxyl groups is 2. The second-order valence-corrected chi connectivity index (χ2v) is 10.9. The summed E-state index contributed by atoms with van der Waals surface area (Å²) in [5.41, 5.74) is -6.69. The molecule has 4 aliphatic carbocycles. The molecule has 6 nitrogen and oxygen atoms in total. The molecule has 5 unspecified atom stereocenters. The first kappa shape index (κ1) is 24.2. The number of aliphatic hydroxyl groups excluding tert-OH is 2. The second-order valence-electron chi connectivity index (χ2n) is 10.9. The zero-order valence-electron chi connectivity index (χ0n) is 19.4. The number of rotatable bonds is 4. The zero-order valence-corrected chi connectivity index (χ0v) is 19.4. The summed E-state index contributed by atoms with van der Waals surface area (Å²) in [6, 6.07) is 0. The molecule has 4 aliphatic rings. The number of halogens is 2. The number of ketones is 2. The maximum absolute atomic E-state index is 17.1. The Hall–Kier alpha value is -1.93. The molecular formula is C25H32F2O6. The van der Waals surface area contributed by atoms with Crippen LogP contribution in [-0.2, 0) is 19.1 Å². The van der Waals surface area contributed by atoms with E-state index in [4.69, 9.17) is 4.74 Å². The number of allylic oxidation sites excluding steroid dienone is 4. The molecule has 0 aromatic rings. The van der Waals surface area contributed by atoms with E-state index in [1.54, 1.807) is 20.8 Å². The molecule has 3 saturated carbocycles. The van der Waals surface area contributed by atoms with Gasteiger partial charge in [-0.1, -0.05) is 26.8 Å². The molecule has 0 saturated heterocycles. The van der Waals surface area contributed by atoms with Gasteiger partial charge in [-0.05, 0) is 56.3 Å². The van der Waals surface area contributed by atoms with Gasteiger partial charge in [0, 0.05) is 16.7 Å². The first-order valence-electron chi connectivity index (χ1n) is 11.6. The Morgan fingerprint density at radius 2 is 1.94 bits per heavy atom. The molecular weight excluding hydrogens is 434 g/mol. The Bertz CT molecular complexity index is 959. The third-order valence-corrected chi connectivity index (χ3v) is 9.09. The summed E-state index contributed by atoms with van der Waals surface area (Å²) in [6.45, 7) is 5.56. The van der Waals surface area contributed by atoms with Gasteiger partial charge in [0.05, 0.1) is 12.0 Å². The van der Waals surface area contributed by atoms with Crippen LogP contribution < -0.4 is 0 Å². The van der Waals surface area contributed by atoms with Crippen molar-refractivity contribution in [2.45, 2.75) is 76.9 Å². The van der Waals surface area contributed by atoms with E-state index in [1.165, 1.54) is 19.1 Å². The molecule has 182 valence electrons. The monoisotopic (exact) mass is 466 g/mol. The predicted octanol–water partition coefficient (Wildman–Crippen LogP) is 2.80. The molecule has 0 heterocycles. The highest BCUT2D eigenvalue weighted by Crippen LogP contribution is 2.70. The standard InChI is InChI=1S/C25H32F2O6/c1-13(2)21(32)33-24(20(31)12-28)8-6-15-16-10-18(26)17-9-14(29)5-7-22(17,3)25(16,27)19(30)11-23(15,24)4/h5,7,9,13,15-16,18-19,28,30H,6,8,10-12H2,1-4H3/t15?,16?,18-,19?,22?,23?,24-,25-/m0/s1. The van der Waals surface area contributed by atoms with Crippen molar-refractivity contribution in [1.29, 1.82) is 0 Å². The summed E-state index contributed by atoms with van der Waals surface area (Å²) in [7, 11) is 0. The van der Waals surface area contributed by atoms with Crippen molar-refractivity contribution in [2.75, 3.05) is 6.61 Å². The number of hydrogen-bond acceptors (Lipinski definition) is 6. The van der Waals surface area contributed by atoms with Crippen LogP contribution in [-0.4, -0.2) is 57.9 Å². The highest BCUT2D eigenvalue weighted by Gasteiger charge is 2.76. The van der Waals surface area contributed by atoms with Gasteiger partial charge in [0.2, 0.25) is 5.78 Å². The van der Waals surface area contributed by atoms with Gasteiger partial charge in [-0.2, -0.15) is 0 Å². The Balaban J connectivity index is 1.83. The predicted molar refractivity (Wildman–Crippen MR) is 114 cm³/mol. The average molecular weight is 467 g/mol. The van der Waals surface area contributed by atoms with Gasteiger partial charge in [0.25, 0.3) is 0 Å². The molecule has 0 aromatic heterocycles. The Labute approximate surface area is 192 Å². The molecule has 0 radical (unpaired) electrons. The van der Waals surface area contributed by atoms with Crippen molar-refractivity contribution in [1.82, 2.24) is 0 Å². The average Bonchev–Trinajstić information content (AvgIpc) is 3.03. The molecule has 4 rings (SSSR count). The lowest BCUT2D eigenvalue weighted by atomic mass is 9.44. The normalized spacial score (nSPS) is 46.3. The molecule has 0 aromatic carbocycles. The van der Waals surface area contributed by atoms with E-state index in [-0.39, 0.29) is 31.3 Å². The molecule has 3 fully saturated rings. The third kappa shape index (κ3) is 2.92. The summed E-state index contributed by atoms with van der Waals surface area (Å²) in [4.78, 5) is 37.6. The number of ether oxygens (including phenoxy) is 1. The minimum atomic E-state index is -2.27. The van der Waals surface area contributed by atoms with E-state index in [2.05, 4.69) is 0 Å². The van der Waals surface area contributed by atoms with Crippen LogP contribution in [0.3, 0.4) is 0 Å². The number of hydrogen-bond donors (Lipinski definition) is 2. The fraction of sp³-hybridized carbons (Fsp3) is 0.720. The zero-order chi connectivity index (χ0) is 24.6. The van der Waals surface area contributed by atoms with Crippen LogP contribution in [0.4, 0.5) is 8.78 Å². The molecule has 0 spiro atoms. The summed E-state index contributed by atoms with van der Waals surface area (Å²) in [5, 5.41) is 21.0. The Morgan fingerprint density at radius 3 is 2.55 bits per heavy atom. The van der Waals surface area contributed by atoms with Crippen LogP contribution in [0.25, 0.3) is 0 Å². The maximum Gasteiger partial charge on any atom is 0.309 e. The number of carbonyl (C=O) groups excluding carboxylic acids is 3. The molecule has 2 N–H and O–H groups in total. The number of carbonyl (C=O) groups is 3. The maximum atomic E-state index is 17.1. The highest BCUT2D eigenvalue weighted by molar-refractivity contribution is 6.01. The summed E-state index contributed by atoms with van der Waals surface area (Å²) < 4.78 is 38.3. The van der Waals surface area contributed by atoms with Gasteiger partial charge in [-0.3, -0.25) is 14.4 Å². The van der Waals surface area contributed by atoms with Gasteiger partial charge < -0.3 is 14.9 Å². The van der Waals surface area contributed by atoms with E-state index in [0.29, 0.717) is 0 Å². The second kappa shape index (κ2) is 7.54. The van der Waals surface area contributed by atoms with Crippen LogP contribution in [0, 0.1) is 28.6 Å². The fourth-order valence-corrected chi connectivity index (χ4v) is 7.29. The fourth-order valence-electron chi connectivity index (χ4n) is 7.29. The molecule has 0 amide bonds. The van der Waals surface area contributed by atoms with Crippen molar-refractivity contribution in [3.63, 3.8) is 0 Å². The van der Waals surface area contributed by atoms with E-state index in [0.717, 1.165) is 6.08 Å². The number of fused-ring (bicyclic) bond motifs is 5. The van der Waals surface area contributed by atoms with Gasteiger partial charge in [0.15, 0.2) is 17.1 Å². The number of alkyl halides is 2. The third-order valence-electron chi connectivity index (χ3n) is 9.09. The number of Topliss-reactive ketones (excluding diaryl/α,β-unsaturated/α-hetero) is 1. The van der Waals surface area contributed by atoms with Crippen molar-refractivity contribution in [2.24, 2.45) is 28.6 Å². The van der Waals surface area contributed by atoms with E-state index < -0.39 is 76.3 Å². The van der Waals surface area contributed by atoms with Gasteiger partial charge in [-0.15, -0.1) is 0 Å². The summed E-state index contributed by atoms with van der Waals surface area (Å²) in [5.74, 6) is -3.83. The highest BCUT2D eigenvalue weighted by atomic mass is 19.1. The molecule has 8 atom stereocenters. The van der Waals surface area contributed by atoms with Crippen LogP contribution >= 0.6 is 0 Å². The van der Waals surface area contributed by atoms with E-state index >= 15 is 8.78 Å². The van der Waals surface area contributed by atoms with Gasteiger partial charge >= 0.3 is 5.97 Å². The van der Waals surface area contributed by atoms with Crippen molar-refractivity contribution in [3.8, 4) is 0 Å². The van der Waals surface area contributed by atoms with Crippen molar-refractivity contribution < 1.29 is 38.1 Å². The van der Waals surface area contributed by atoms with E-state index in [1.807, 2.05) is 0 Å². The molecule has 33 heavy (non-hydrogen) atoms. The SMILES string of the molecule is CC(C)C(=O)O[C@]1(C(=O)CO)CCC2C3C[C@H](F)C4=CC(=O)C=CC4(C)[C@@]3(F)C(O)CC21C. The first-order valence-corrected chi connectivity index (χ1v) is 11.6. The summed E-state index contributed by atoms with van der Waals surface area (Å²) in [6.07, 6.45) is 0.381. The van der Waals surface area contributed by atoms with Crippen LogP contribution in [0.2, 0.25) is 0 Å². The largest absolute Gasteiger partial charge is 0.450 e. The van der Waals surface area contributed by atoms with Crippen molar-refractivity contribution >= 4 is 17.5 Å². The van der Waals surface area contributed by atoms with E-state index in [9.17, 15) is 24.6 Å². The molecule has 0 bridgehead atoms. The molecule has 0 aliphatic heterocycles. The minimum Gasteiger partial charge on any atom is -0.450 e. The topological polar surface area (TPSA) is 101 Å². The smallest absolute Gasteiger partial charge is 0.309 e. The number of esters is 1. The van der Waals surface area contributed by atoms with Gasteiger partial charge in [-0.25, -0.2) is 8.78 Å². The quantitative estimate of drug-likeness (QED) is 0.618. The lowest BCUT2D eigenvalue weighted by molar-refractivity contribution is -0.230. The first-order chi connectivity index (χ1) is 15.3. The van der Waals surface area contributed by atoms with Crippen LogP contribution in [0.5, 0.6) is 0 Å². The van der Waals surface area contributed by atoms with Crippen LogP contribution in [0.15, 0.2) is 23.8 Å².